The van der Waals surface area contributed by atoms with Gasteiger partial charge in [-0.2, -0.15) is 4.73 Å². The summed E-state index contributed by atoms with van der Waals surface area (Å²) < 4.78 is 0.626. The van der Waals surface area contributed by atoms with E-state index in [-0.39, 0.29) is 11.7 Å². The van der Waals surface area contributed by atoms with Gasteiger partial charge < -0.3 is 10.5 Å². The number of rotatable bonds is 4. The van der Waals surface area contributed by atoms with Gasteiger partial charge in [0.05, 0.1) is 0 Å². The Morgan fingerprint density at radius 3 is 2.29 bits per heavy atom. The molecule has 0 bridgehead atoms. The number of ketones is 1. The number of pyridine rings is 1. The molecule has 0 spiro atoms. The first kappa shape index (κ1) is 14.5. The lowest BCUT2D eigenvalue weighted by Crippen LogP contribution is -2.24. The molecule has 0 radical (unpaired) electrons. The van der Waals surface area contributed by atoms with Crippen molar-refractivity contribution in [3.05, 3.63) is 71.2 Å². The first-order chi connectivity index (χ1) is 10.0. The number of allylic oxidation sites excluding steroid dienone is 1. The zero-order valence-electron chi connectivity index (χ0n) is 11.4. The van der Waals surface area contributed by atoms with E-state index in [1.165, 1.54) is 37.5 Å². The molecule has 0 aliphatic rings. The Labute approximate surface area is 122 Å². The van der Waals surface area contributed by atoms with Gasteiger partial charge in [-0.1, -0.05) is 18.2 Å². The maximum absolute atomic E-state index is 11.9. The maximum Gasteiger partial charge on any atom is 0.221 e. The molecule has 2 aromatic rings. The van der Waals surface area contributed by atoms with E-state index in [0.29, 0.717) is 16.0 Å². The Morgan fingerprint density at radius 1 is 1.10 bits per heavy atom. The maximum atomic E-state index is 11.9. The number of carbonyl (C=O) groups excluding carboxylic acids is 2. The van der Waals surface area contributed by atoms with E-state index in [1.807, 2.05) is 0 Å². The highest BCUT2D eigenvalue weighted by Crippen LogP contribution is 2.11. The summed E-state index contributed by atoms with van der Waals surface area (Å²) in [5.41, 5.74) is 1.99. The Balaban J connectivity index is 2.05. The van der Waals surface area contributed by atoms with Crippen LogP contribution in [-0.4, -0.2) is 11.7 Å². The first-order valence-electron chi connectivity index (χ1n) is 6.33. The molecule has 1 amide bonds. The molecule has 0 saturated heterocycles. The summed E-state index contributed by atoms with van der Waals surface area (Å²) in [6.07, 6.45) is 5.68. The van der Waals surface area contributed by atoms with Crippen molar-refractivity contribution in [2.24, 2.45) is 0 Å². The molecule has 0 unspecified atom stereocenters. The van der Waals surface area contributed by atoms with Crippen molar-refractivity contribution in [1.82, 2.24) is 0 Å². The third-order valence-corrected chi connectivity index (χ3v) is 2.74. The number of nitrogens with zero attached hydrogens (tertiary/aromatic N) is 1. The van der Waals surface area contributed by atoms with Crippen molar-refractivity contribution in [2.75, 3.05) is 5.32 Å². The van der Waals surface area contributed by atoms with Gasteiger partial charge in [0.25, 0.3) is 0 Å². The number of aromatic nitrogens is 1. The molecule has 21 heavy (non-hydrogen) atoms. The average molecular weight is 282 g/mol. The van der Waals surface area contributed by atoms with Crippen LogP contribution in [0.4, 0.5) is 5.69 Å². The van der Waals surface area contributed by atoms with Gasteiger partial charge in [-0.3, -0.25) is 9.59 Å². The topological polar surface area (TPSA) is 73.1 Å². The molecular formula is C16H14N2O3. The van der Waals surface area contributed by atoms with E-state index in [4.69, 9.17) is 0 Å². The number of amides is 1. The lowest BCUT2D eigenvalue weighted by molar-refractivity contribution is -0.605. The lowest BCUT2D eigenvalue weighted by atomic mass is 10.1. The van der Waals surface area contributed by atoms with Gasteiger partial charge in [0.1, 0.15) is 0 Å². The molecule has 1 aromatic carbocycles. The number of anilines is 1. The minimum absolute atomic E-state index is 0.131. The van der Waals surface area contributed by atoms with Gasteiger partial charge in [0.2, 0.25) is 5.91 Å². The fraction of sp³-hybridized carbons (Fsp3) is 0.0625. The van der Waals surface area contributed by atoms with Gasteiger partial charge in [-0.15, -0.1) is 0 Å². The van der Waals surface area contributed by atoms with Gasteiger partial charge in [0.15, 0.2) is 18.2 Å². The Morgan fingerprint density at radius 2 is 1.71 bits per heavy atom. The molecular weight excluding hydrogens is 268 g/mol. The van der Waals surface area contributed by atoms with Gasteiger partial charge in [-0.05, 0) is 23.8 Å². The number of nitrogens with one attached hydrogen (secondary N) is 1. The third kappa shape index (κ3) is 4.28. The van der Waals surface area contributed by atoms with E-state index < -0.39 is 0 Å². The van der Waals surface area contributed by atoms with Crippen molar-refractivity contribution in [3.63, 3.8) is 0 Å². The van der Waals surface area contributed by atoms with Crippen LogP contribution in [0.25, 0.3) is 6.08 Å². The third-order valence-electron chi connectivity index (χ3n) is 2.74. The smallest absolute Gasteiger partial charge is 0.221 e. The highest BCUT2D eigenvalue weighted by Gasteiger charge is 2.02. The quantitative estimate of drug-likeness (QED) is 0.404. The van der Waals surface area contributed by atoms with Crippen LogP contribution in [0.2, 0.25) is 0 Å². The highest BCUT2D eigenvalue weighted by atomic mass is 16.5. The van der Waals surface area contributed by atoms with Crippen LogP contribution in [-0.2, 0) is 4.79 Å². The fourth-order valence-electron chi connectivity index (χ4n) is 1.73. The molecule has 0 aliphatic heterocycles. The number of benzene rings is 1. The lowest BCUT2D eigenvalue weighted by Gasteiger charge is -2.01. The molecule has 1 heterocycles. The molecule has 5 heteroatoms. The first-order valence-corrected chi connectivity index (χ1v) is 6.33. The fourth-order valence-corrected chi connectivity index (χ4v) is 1.73. The molecule has 0 aliphatic carbocycles. The Hall–Kier alpha value is -2.95. The second-order valence-corrected chi connectivity index (χ2v) is 4.45. The molecule has 1 aromatic heterocycles. The molecule has 106 valence electrons. The van der Waals surface area contributed by atoms with Crippen LogP contribution in [0, 0.1) is 5.21 Å². The monoisotopic (exact) mass is 282 g/mol. The summed E-state index contributed by atoms with van der Waals surface area (Å²) >= 11 is 0. The van der Waals surface area contributed by atoms with Crippen LogP contribution >= 0.6 is 0 Å². The Kier molecular flexibility index (Phi) is 4.46. The second-order valence-electron chi connectivity index (χ2n) is 4.45. The van der Waals surface area contributed by atoms with E-state index in [2.05, 4.69) is 5.32 Å². The number of hydrogen-bond acceptors (Lipinski definition) is 3. The van der Waals surface area contributed by atoms with Crippen LogP contribution in [0.3, 0.4) is 0 Å². The zero-order valence-corrected chi connectivity index (χ0v) is 11.4. The van der Waals surface area contributed by atoms with E-state index in [0.717, 1.165) is 5.56 Å². The second kappa shape index (κ2) is 6.47. The van der Waals surface area contributed by atoms with E-state index in [1.54, 1.807) is 30.3 Å². The molecule has 2 rings (SSSR count). The molecule has 5 nitrogen and oxygen atoms in total. The van der Waals surface area contributed by atoms with Crippen LogP contribution in [0.5, 0.6) is 0 Å². The predicted molar refractivity (Wildman–Crippen MR) is 79.5 cm³/mol. The van der Waals surface area contributed by atoms with Crippen molar-refractivity contribution in [1.29, 1.82) is 0 Å². The predicted octanol–water partition coefficient (Wildman–Crippen LogP) is 2.17. The summed E-state index contributed by atoms with van der Waals surface area (Å²) in [7, 11) is 0. The van der Waals surface area contributed by atoms with Crippen molar-refractivity contribution in [3.8, 4) is 0 Å². The number of hydrogen-bond donors (Lipinski definition) is 1. The standard InChI is InChI=1S/C16H14N2O3/c1-12(19)17-15-5-2-13(3-6-15)4-7-16(20)14-8-10-18(21)11-9-14/h2-11H,1H3,(H,17,19)/b7-4+. The molecule has 1 N–H and O–H groups in total. The summed E-state index contributed by atoms with van der Waals surface area (Å²) in [5, 5.41) is 13.6. The SMILES string of the molecule is CC(=O)Nc1ccc(/C=C/C(=O)c2cc[n+]([O-])cc2)cc1. The van der Waals surface area contributed by atoms with Crippen LogP contribution in [0.15, 0.2) is 54.9 Å². The summed E-state index contributed by atoms with van der Waals surface area (Å²) in [5.74, 6) is -0.310. The summed E-state index contributed by atoms with van der Waals surface area (Å²) in [4.78, 5) is 22.8. The largest absolute Gasteiger partial charge is 0.619 e. The zero-order chi connectivity index (χ0) is 15.2. The Bertz CT molecular complexity index is 674. The van der Waals surface area contributed by atoms with Crippen molar-refractivity contribution in [2.45, 2.75) is 6.92 Å². The van der Waals surface area contributed by atoms with E-state index >= 15 is 0 Å². The number of carbonyl (C=O) groups is 2. The van der Waals surface area contributed by atoms with Gasteiger partial charge in [0, 0.05) is 30.3 Å². The average Bonchev–Trinajstić information content (AvgIpc) is 2.46. The van der Waals surface area contributed by atoms with Crippen LogP contribution < -0.4 is 10.0 Å². The molecule has 0 fully saturated rings. The molecule has 0 saturated carbocycles. The molecule has 0 atom stereocenters. The minimum Gasteiger partial charge on any atom is -0.619 e. The minimum atomic E-state index is -0.179. The van der Waals surface area contributed by atoms with Crippen molar-refractivity contribution >= 4 is 23.5 Å². The van der Waals surface area contributed by atoms with Gasteiger partial charge in [-0.25, -0.2) is 0 Å². The van der Waals surface area contributed by atoms with Crippen LogP contribution in [0.1, 0.15) is 22.8 Å². The van der Waals surface area contributed by atoms with E-state index in [9.17, 15) is 14.8 Å². The normalized spacial score (nSPS) is 10.5. The highest BCUT2D eigenvalue weighted by molar-refractivity contribution is 6.06. The van der Waals surface area contributed by atoms with Gasteiger partial charge >= 0.3 is 0 Å². The summed E-state index contributed by atoms with van der Waals surface area (Å²) in [6, 6.07) is 10.1. The summed E-state index contributed by atoms with van der Waals surface area (Å²) in [6.45, 7) is 1.44. The van der Waals surface area contributed by atoms with Crippen molar-refractivity contribution < 1.29 is 14.3 Å².